The van der Waals surface area contributed by atoms with E-state index in [0.29, 0.717) is 23.2 Å². The fraction of sp³-hybridized carbons (Fsp3) is 0.368. The molecular formula is C19H21ClN6O. The molecule has 1 amide bonds. The number of hydrogen-bond acceptors (Lipinski definition) is 6. The van der Waals surface area contributed by atoms with Crippen LogP contribution in [0.15, 0.2) is 24.5 Å². The highest BCUT2D eigenvalue weighted by molar-refractivity contribution is 6.30. The van der Waals surface area contributed by atoms with Crippen LogP contribution in [0.2, 0.25) is 5.02 Å². The molecule has 1 aliphatic heterocycles. The van der Waals surface area contributed by atoms with Crippen LogP contribution in [0.5, 0.6) is 0 Å². The van der Waals surface area contributed by atoms with Crippen molar-refractivity contribution in [1.82, 2.24) is 20.3 Å². The lowest BCUT2D eigenvalue weighted by Crippen LogP contribution is -2.43. The van der Waals surface area contributed by atoms with Crippen LogP contribution in [0.3, 0.4) is 0 Å². The van der Waals surface area contributed by atoms with Crippen molar-refractivity contribution >= 4 is 29.1 Å². The van der Waals surface area contributed by atoms with E-state index in [0.717, 1.165) is 11.4 Å². The molecule has 1 aliphatic rings. The molecule has 2 aromatic rings. The number of carbonyl (C=O) groups is 1. The zero-order valence-corrected chi connectivity index (χ0v) is 15.9. The molecule has 0 fully saturated rings. The average Bonchev–Trinajstić information content (AvgIpc) is 3.07. The number of terminal acetylenes is 1. The highest BCUT2D eigenvalue weighted by Gasteiger charge is 2.28. The topological polar surface area (TPSA) is 91.8 Å². The molecule has 1 unspecified atom stereocenters. The van der Waals surface area contributed by atoms with Crippen LogP contribution >= 0.6 is 11.6 Å². The molecular weight excluding hydrogens is 364 g/mol. The van der Waals surface area contributed by atoms with Gasteiger partial charge in [0.2, 0.25) is 5.91 Å². The maximum absolute atomic E-state index is 12.3. The Morgan fingerprint density at radius 1 is 1.48 bits per heavy atom. The largest absolute Gasteiger partial charge is 0.369 e. The molecule has 2 aromatic heterocycles. The summed E-state index contributed by atoms with van der Waals surface area (Å²) in [7, 11) is 0. The van der Waals surface area contributed by atoms with Gasteiger partial charge in [-0.15, -0.1) is 6.42 Å². The number of anilines is 2. The highest BCUT2D eigenvalue weighted by atomic mass is 35.5. The summed E-state index contributed by atoms with van der Waals surface area (Å²) in [6.45, 7) is 4.75. The van der Waals surface area contributed by atoms with Crippen LogP contribution in [0.4, 0.5) is 11.6 Å². The number of carbonyl (C=O) groups excluding carboxylic acids is 1. The third kappa shape index (κ3) is 4.29. The molecule has 27 heavy (non-hydrogen) atoms. The van der Waals surface area contributed by atoms with E-state index >= 15 is 0 Å². The van der Waals surface area contributed by atoms with Gasteiger partial charge >= 0.3 is 0 Å². The summed E-state index contributed by atoms with van der Waals surface area (Å²) in [6.07, 6.45) is 8.50. The monoisotopic (exact) mass is 384 g/mol. The summed E-state index contributed by atoms with van der Waals surface area (Å²) in [6, 6.07) is 3.17. The second kappa shape index (κ2) is 8.23. The first-order valence-corrected chi connectivity index (χ1v) is 9.07. The van der Waals surface area contributed by atoms with E-state index in [1.807, 2.05) is 19.9 Å². The number of pyridine rings is 1. The first kappa shape index (κ1) is 18.9. The second-order valence-electron chi connectivity index (χ2n) is 6.61. The van der Waals surface area contributed by atoms with Gasteiger partial charge in [0.15, 0.2) is 0 Å². The van der Waals surface area contributed by atoms with Crippen LogP contribution in [0.1, 0.15) is 31.2 Å². The van der Waals surface area contributed by atoms with Gasteiger partial charge in [0.05, 0.1) is 17.5 Å². The van der Waals surface area contributed by atoms with Gasteiger partial charge in [-0.25, -0.2) is 15.0 Å². The fourth-order valence-corrected chi connectivity index (χ4v) is 3.14. The van der Waals surface area contributed by atoms with Gasteiger partial charge in [-0.05, 0) is 18.1 Å². The molecule has 8 heteroatoms. The smallest absolute Gasteiger partial charge is 0.243 e. The SMILES string of the molecule is C#CCNC(=O)[C@H](Nc1ccnc(C2CNc3ncc(Cl)cc32)n1)C(C)C. The van der Waals surface area contributed by atoms with Gasteiger partial charge in [0.25, 0.3) is 0 Å². The van der Waals surface area contributed by atoms with E-state index in [-0.39, 0.29) is 24.3 Å². The summed E-state index contributed by atoms with van der Waals surface area (Å²) < 4.78 is 0. The maximum atomic E-state index is 12.3. The van der Waals surface area contributed by atoms with Crippen LogP contribution in [0.25, 0.3) is 0 Å². The van der Waals surface area contributed by atoms with Gasteiger partial charge in [-0.3, -0.25) is 4.79 Å². The van der Waals surface area contributed by atoms with E-state index in [9.17, 15) is 4.79 Å². The second-order valence-corrected chi connectivity index (χ2v) is 7.05. The van der Waals surface area contributed by atoms with Crippen molar-refractivity contribution in [1.29, 1.82) is 0 Å². The standard InChI is InChI=1S/C19H21ClN6O/c1-4-6-22-19(27)16(11(2)3)25-15-5-7-21-18(26-15)14-10-24-17-13(14)8-12(20)9-23-17/h1,5,7-9,11,14,16H,6,10H2,2-3H3,(H,22,27)(H,23,24)(H,21,25,26)/t14?,16-/m1/s1. The maximum Gasteiger partial charge on any atom is 0.243 e. The summed E-state index contributed by atoms with van der Waals surface area (Å²) in [5, 5.41) is 9.72. The van der Waals surface area contributed by atoms with E-state index < -0.39 is 6.04 Å². The molecule has 0 spiro atoms. The fourth-order valence-electron chi connectivity index (χ4n) is 2.97. The molecule has 140 valence electrons. The Balaban J connectivity index is 1.81. The van der Waals surface area contributed by atoms with E-state index in [4.69, 9.17) is 18.0 Å². The first-order valence-electron chi connectivity index (χ1n) is 8.69. The van der Waals surface area contributed by atoms with Crippen LogP contribution < -0.4 is 16.0 Å². The predicted octanol–water partition coefficient (Wildman–Crippen LogP) is 2.27. The lowest BCUT2D eigenvalue weighted by molar-refractivity contribution is -0.122. The van der Waals surface area contributed by atoms with Crippen molar-refractivity contribution in [3.05, 3.63) is 40.9 Å². The van der Waals surface area contributed by atoms with E-state index in [2.05, 4.69) is 36.8 Å². The molecule has 7 nitrogen and oxygen atoms in total. The van der Waals surface area contributed by atoms with Crippen molar-refractivity contribution in [2.75, 3.05) is 23.7 Å². The Kier molecular flexibility index (Phi) is 5.77. The Morgan fingerprint density at radius 2 is 2.30 bits per heavy atom. The minimum atomic E-state index is -0.453. The number of amides is 1. The summed E-state index contributed by atoms with van der Waals surface area (Å²) in [4.78, 5) is 25.7. The number of hydrogen-bond donors (Lipinski definition) is 3. The van der Waals surface area contributed by atoms with Crippen molar-refractivity contribution in [3.63, 3.8) is 0 Å². The number of rotatable bonds is 6. The van der Waals surface area contributed by atoms with E-state index in [1.54, 1.807) is 18.5 Å². The third-order valence-corrected chi connectivity index (χ3v) is 4.54. The Bertz CT molecular complexity index is 879. The van der Waals surface area contributed by atoms with Gasteiger partial charge < -0.3 is 16.0 Å². The van der Waals surface area contributed by atoms with Crippen molar-refractivity contribution in [2.24, 2.45) is 5.92 Å². The minimum absolute atomic E-state index is 0.0538. The normalized spacial score (nSPS) is 16.2. The molecule has 0 bridgehead atoms. The van der Waals surface area contributed by atoms with Crippen LogP contribution in [0, 0.1) is 18.3 Å². The Hall–Kier alpha value is -2.85. The van der Waals surface area contributed by atoms with Crippen LogP contribution in [-0.2, 0) is 4.79 Å². The summed E-state index contributed by atoms with van der Waals surface area (Å²) in [5.41, 5.74) is 0.965. The lowest BCUT2D eigenvalue weighted by Gasteiger charge is -2.22. The third-order valence-electron chi connectivity index (χ3n) is 4.34. The molecule has 0 saturated heterocycles. The van der Waals surface area contributed by atoms with Gasteiger partial charge in [0.1, 0.15) is 23.5 Å². The quantitative estimate of drug-likeness (QED) is 0.662. The molecule has 0 saturated carbocycles. The zero-order chi connectivity index (χ0) is 19.4. The molecule has 0 aromatic carbocycles. The van der Waals surface area contributed by atoms with Crippen molar-refractivity contribution < 1.29 is 4.79 Å². The van der Waals surface area contributed by atoms with Gasteiger partial charge in [0, 0.05) is 24.5 Å². The Labute approximate surface area is 163 Å². The molecule has 2 atom stereocenters. The number of fused-ring (bicyclic) bond motifs is 1. The molecule has 0 radical (unpaired) electrons. The number of nitrogens with one attached hydrogen (secondary N) is 3. The molecule has 0 aliphatic carbocycles. The zero-order valence-electron chi connectivity index (χ0n) is 15.2. The molecule has 3 rings (SSSR count). The summed E-state index contributed by atoms with van der Waals surface area (Å²) in [5.74, 6) is 4.26. The number of nitrogens with zero attached hydrogens (tertiary/aromatic N) is 3. The van der Waals surface area contributed by atoms with E-state index in [1.165, 1.54) is 0 Å². The first-order chi connectivity index (χ1) is 13.0. The highest BCUT2D eigenvalue weighted by Crippen LogP contribution is 2.34. The number of halogens is 1. The molecule has 3 N–H and O–H groups in total. The average molecular weight is 385 g/mol. The predicted molar refractivity (Wildman–Crippen MR) is 106 cm³/mol. The van der Waals surface area contributed by atoms with Crippen molar-refractivity contribution in [2.45, 2.75) is 25.8 Å². The van der Waals surface area contributed by atoms with Crippen molar-refractivity contribution in [3.8, 4) is 12.3 Å². The summed E-state index contributed by atoms with van der Waals surface area (Å²) >= 11 is 6.09. The molecule has 3 heterocycles. The van der Waals surface area contributed by atoms with Gasteiger partial charge in [-0.1, -0.05) is 31.4 Å². The minimum Gasteiger partial charge on any atom is -0.369 e. The Morgan fingerprint density at radius 3 is 3.04 bits per heavy atom. The van der Waals surface area contributed by atoms with Gasteiger partial charge in [-0.2, -0.15) is 0 Å². The van der Waals surface area contributed by atoms with Crippen LogP contribution in [-0.4, -0.2) is 40.0 Å². The number of aromatic nitrogens is 3. The lowest BCUT2D eigenvalue weighted by atomic mass is 10.0.